The van der Waals surface area contributed by atoms with E-state index in [2.05, 4.69) is 19.9 Å². The summed E-state index contributed by atoms with van der Waals surface area (Å²) in [6.45, 7) is 6.30. The second-order valence-electron chi connectivity index (χ2n) is 4.86. The molecule has 112 valence electrons. The molecule has 0 aromatic carbocycles. The van der Waals surface area contributed by atoms with E-state index < -0.39 is 0 Å². The van der Waals surface area contributed by atoms with E-state index in [4.69, 9.17) is 15.2 Å². The van der Waals surface area contributed by atoms with Crippen molar-refractivity contribution in [3.63, 3.8) is 0 Å². The highest BCUT2D eigenvalue weighted by Gasteiger charge is 2.11. The fraction of sp³-hybridized carbons (Fsp3) is 0.769. The van der Waals surface area contributed by atoms with Crippen molar-refractivity contribution >= 4 is 5.95 Å². The first kappa shape index (κ1) is 14.8. The predicted octanol–water partition coefficient (Wildman–Crippen LogP) is 1.11. The zero-order chi connectivity index (χ0) is 14.2. The lowest BCUT2D eigenvalue weighted by Gasteiger charge is -2.25. The van der Waals surface area contributed by atoms with Crippen LogP contribution in [0.15, 0.2) is 0 Å². The Morgan fingerprint density at radius 3 is 2.30 bits per heavy atom. The quantitative estimate of drug-likeness (QED) is 0.801. The van der Waals surface area contributed by atoms with Gasteiger partial charge in [-0.05, 0) is 32.4 Å². The van der Waals surface area contributed by atoms with Crippen LogP contribution in [0.25, 0.3) is 0 Å². The highest BCUT2D eigenvalue weighted by molar-refractivity contribution is 5.20. The number of aromatic nitrogens is 3. The number of hydrogen-bond donors (Lipinski definition) is 1. The molecular weight excluding hydrogens is 258 g/mol. The highest BCUT2D eigenvalue weighted by atomic mass is 16.5. The molecule has 7 heteroatoms. The topological polar surface area (TPSA) is 86.4 Å². The van der Waals surface area contributed by atoms with Crippen molar-refractivity contribution in [3.05, 3.63) is 0 Å². The highest BCUT2D eigenvalue weighted by Crippen LogP contribution is 2.12. The number of nitrogens with zero attached hydrogens (tertiary/aromatic N) is 4. The van der Waals surface area contributed by atoms with Crippen molar-refractivity contribution in [2.24, 2.45) is 0 Å². The Labute approximate surface area is 119 Å². The normalized spacial score (nSPS) is 16.1. The molecule has 1 aliphatic rings. The van der Waals surface area contributed by atoms with Crippen LogP contribution in [0.2, 0.25) is 0 Å². The van der Waals surface area contributed by atoms with Crippen molar-refractivity contribution in [1.29, 1.82) is 0 Å². The van der Waals surface area contributed by atoms with E-state index >= 15 is 0 Å². The van der Waals surface area contributed by atoms with Gasteiger partial charge in [0.1, 0.15) is 6.61 Å². The van der Waals surface area contributed by atoms with Crippen LogP contribution in [0.5, 0.6) is 12.0 Å². The van der Waals surface area contributed by atoms with Gasteiger partial charge in [-0.25, -0.2) is 0 Å². The van der Waals surface area contributed by atoms with Crippen molar-refractivity contribution in [1.82, 2.24) is 19.9 Å². The summed E-state index contributed by atoms with van der Waals surface area (Å²) in [6.07, 6.45) is 4.76. The van der Waals surface area contributed by atoms with Gasteiger partial charge in [0, 0.05) is 6.54 Å². The monoisotopic (exact) mass is 281 g/mol. The summed E-state index contributed by atoms with van der Waals surface area (Å²) in [5.74, 6) is 0.124. The molecule has 0 saturated carbocycles. The molecule has 0 spiro atoms. The van der Waals surface area contributed by atoms with E-state index in [9.17, 15) is 0 Å². The summed E-state index contributed by atoms with van der Waals surface area (Å²) in [7, 11) is 0. The zero-order valence-corrected chi connectivity index (χ0v) is 12.0. The van der Waals surface area contributed by atoms with Crippen LogP contribution < -0.4 is 15.2 Å². The van der Waals surface area contributed by atoms with Crippen LogP contribution >= 0.6 is 0 Å². The molecule has 2 heterocycles. The first-order valence-electron chi connectivity index (χ1n) is 7.27. The van der Waals surface area contributed by atoms with Crippen LogP contribution in [-0.4, -0.2) is 52.7 Å². The third kappa shape index (κ3) is 4.80. The number of rotatable bonds is 7. The maximum Gasteiger partial charge on any atom is 0.324 e. The molecule has 0 radical (unpaired) electrons. The largest absolute Gasteiger partial charge is 0.463 e. The Morgan fingerprint density at radius 1 is 1.00 bits per heavy atom. The van der Waals surface area contributed by atoms with E-state index in [0.717, 1.165) is 26.1 Å². The van der Waals surface area contributed by atoms with E-state index in [1.165, 1.54) is 19.3 Å². The van der Waals surface area contributed by atoms with Gasteiger partial charge in [-0.1, -0.05) is 13.3 Å². The summed E-state index contributed by atoms with van der Waals surface area (Å²) in [6, 6.07) is 0.466. The van der Waals surface area contributed by atoms with Crippen molar-refractivity contribution in [3.8, 4) is 12.0 Å². The number of anilines is 1. The minimum Gasteiger partial charge on any atom is -0.463 e. The summed E-state index contributed by atoms with van der Waals surface area (Å²) in [5.41, 5.74) is 5.61. The first-order chi connectivity index (χ1) is 9.78. The van der Waals surface area contributed by atoms with Crippen LogP contribution in [0.4, 0.5) is 5.95 Å². The van der Waals surface area contributed by atoms with Gasteiger partial charge in [0.25, 0.3) is 0 Å². The molecule has 0 aliphatic carbocycles. The maximum absolute atomic E-state index is 5.61. The SMILES string of the molecule is CCCOc1nc(N)nc(OCCN2CCCCC2)n1. The van der Waals surface area contributed by atoms with Crippen LogP contribution in [0.3, 0.4) is 0 Å². The third-order valence-electron chi connectivity index (χ3n) is 3.13. The molecule has 2 N–H and O–H groups in total. The standard InChI is InChI=1S/C13H23N5O2/c1-2-9-19-12-15-11(14)16-13(17-12)20-10-8-18-6-4-3-5-7-18/h2-10H2,1H3,(H2,14,15,16,17). The lowest BCUT2D eigenvalue weighted by atomic mass is 10.1. The molecule has 0 unspecified atom stereocenters. The minimum absolute atomic E-state index is 0.124. The number of nitrogens with two attached hydrogens (primary N) is 1. The molecule has 0 amide bonds. The van der Waals surface area contributed by atoms with E-state index in [1.807, 2.05) is 6.92 Å². The average Bonchev–Trinajstić information content (AvgIpc) is 2.46. The van der Waals surface area contributed by atoms with Crippen LogP contribution in [-0.2, 0) is 0 Å². The Morgan fingerprint density at radius 2 is 1.65 bits per heavy atom. The number of likely N-dealkylation sites (tertiary alicyclic amines) is 1. The summed E-state index contributed by atoms with van der Waals surface area (Å²) in [5, 5.41) is 0. The van der Waals surface area contributed by atoms with Crippen molar-refractivity contribution in [2.75, 3.05) is 38.6 Å². The molecule has 1 saturated heterocycles. The molecule has 20 heavy (non-hydrogen) atoms. The summed E-state index contributed by atoms with van der Waals surface area (Å²) in [4.78, 5) is 14.4. The fourth-order valence-corrected chi connectivity index (χ4v) is 2.12. The minimum atomic E-state index is 0.124. The molecule has 1 aromatic rings. The van der Waals surface area contributed by atoms with Gasteiger partial charge in [0.2, 0.25) is 5.95 Å². The fourth-order valence-electron chi connectivity index (χ4n) is 2.12. The Bertz CT molecular complexity index is 410. The molecule has 2 rings (SSSR count). The van der Waals surface area contributed by atoms with Gasteiger partial charge in [-0.2, -0.15) is 9.97 Å². The number of ether oxygens (including phenoxy) is 2. The number of nitrogen functional groups attached to an aromatic ring is 1. The Kier molecular flexibility index (Phi) is 5.79. The number of hydrogen-bond acceptors (Lipinski definition) is 7. The molecule has 7 nitrogen and oxygen atoms in total. The number of piperidine rings is 1. The summed E-state index contributed by atoms with van der Waals surface area (Å²) >= 11 is 0. The van der Waals surface area contributed by atoms with E-state index in [0.29, 0.717) is 13.2 Å². The van der Waals surface area contributed by atoms with Gasteiger partial charge >= 0.3 is 12.0 Å². The van der Waals surface area contributed by atoms with E-state index in [1.54, 1.807) is 0 Å². The summed E-state index contributed by atoms with van der Waals surface area (Å²) < 4.78 is 10.9. The predicted molar refractivity (Wildman–Crippen MR) is 75.8 cm³/mol. The van der Waals surface area contributed by atoms with Crippen LogP contribution in [0, 0.1) is 0 Å². The maximum atomic E-state index is 5.61. The van der Waals surface area contributed by atoms with Gasteiger partial charge in [0.05, 0.1) is 6.61 Å². The van der Waals surface area contributed by atoms with Crippen molar-refractivity contribution < 1.29 is 9.47 Å². The molecule has 0 atom stereocenters. The second kappa shape index (κ2) is 7.84. The van der Waals surface area contributed by atoms with Crippen molar-refractivity contribution in [2.45, 2.75) is 32.6 Å². The Hall–Kier alpha value is -1.63. The van der Waals surface area contributed by atoms with E-state index in [-0.39, 0.29) is 18.0 Å². The third-order valence-corrected chi connectivity index (χ3v) is 3.13. The molecule has 1 fully saturated rings. The second-order valence-corrected chi connectivity index (χ2v) is 4.86. The molecule has 1 aromatic heterocycles. The van der Waals surface area contributed by atoms with Gasteiger partial charge in [0.15, 0.2) is 0 Å². The van der Waals surface area contributed by atoms with Gasteiger partial charge in [-0.15, -0.1) is 4.98 Å². The first-order valence-corrected chi connectivity index (χ1v) is 7.27. The smallest absolute Gasteiger partial charge is 0.324 e. The molecule has 0 bridgehead atoms. The lowest BCUT2D eigenvalue weighted by Crippen LogP contribution is -2.33. The van der Waals surface area contributed by atoms with Gasteiger partial charge < -0.3 is 15.2 Å². The van der Waals surface area contributed by atoms with Crippen LogP contribution in [0.1, 0.15) is 32.6 Å². The van der Waals surface area contributed by atoms with Gasteiger partial charge in [-0.3, -0.25) is 4.90 Å². The molecular formula is C13H23N5O2. The average molecular weight is 281 g/mol. The lowest BCUT2D eigenvalue weighted by molar-refractivity contribution is 0.175. The molecule has 1 aliphatic heterocycles. The Balaban J connectivity index is 1.80. The zero-order valence-electron chi connectivity index (χ0n) is 12.0.